The lowest BCUT2D eigenvalue weighted by atomic mass is 10.2. The molecular weight excluding hydrogens is 346 g/mol. The highest BCUT2D eigenvalue weighted by Crippen LogP contribution is 2.12. The molecule has 0 heterocycles. The third-order valence-corrected chi connectivity index (χ3v) is 3.72. The van der Waals surface area contributed by atoms with E-state index < -0.39 is 11.8 Å². The van der Waals surface area contributed by atoms with Crippen LogP contribution in [0.4, 0.5) is 0 Å². The van der Waals surface area contributed by atoms with Crippen molar-refractivity contribution in [3.63, 3.8) is 0 Å². The van der Waals surface area contributed by atoms with Crippen molar-refractivity contribution in [3.05, 3.63) is 65.7 Å². The zero-order chi connectivity index (χ0) is 19.5. The van der Waals surface area contributed by atoms with Crippen LogP contribution in [0.3, 0.4) is 0 Å². The Hall–Kier alpha value is -3.35. The van der Waals surface area contributed by atoms with Gasteiger partial charge in [0.25, 0.3) is 11.8 Å². The number of rotatable bonds is 8. The number of nitrogens with one attached hydrogen (secondary N) is 3. The number of carbonyl (C=O) groups is 3. The predicted molar refractivity (Wildman–Crippen MR) is 101 cm³/mol. The minimum absolute atomic E-state index is 0.0399. The third kappa shape index (κ3) is 7.19. The highest BCUT2D eigenvalue weighted by atomic mass is 16.5. The van der Waals surface area contributed by atoms with Crippen LogP contribution in [0.5, 0.6) is 5.75 Å². The van der Waals surface area contributed by atoms with Crippen LogP contribution in [0.1, 0.15) is 29.3 Å². The summed E-state index contributed by atoms with van der Waals surface area (Å²) in [5.41, 5.74) is 6.25. The normalized spacial score (nSPS) is 9.96. The summed E-state index contributed by atoms with van der Waals surface area (Å²) in [6.45, 7) is 2.01. The van der Waals surface area contributed by atoms with Crippen LogP contribution in [-0.4, -0.2) is 30.9 Å². The van der Waals surface area contributed by atoms with E-state index in [1.54, 1.807) is 36.4 Å². The molecule has 0 saturated carbocycles. The first-order valence-corrected chi connectivity index (χ1v) is 8.71. The van der Waals surface area contributed by atoms with Gasteiger partial charge in [0, 0.05) is 18.5 Å². The second-order valence-electron chi connectivity index (χ2n) is 5.75. The molecule has 0 saturated heterocycles. The second-order valence-corrected chi connectivity index (χ2v) is 5.75. The summed E-state index contributed by atoms with van der Waals surface area (Å²) in [4.78, 5) is 35.2. The summed E-state index contributed by atoms with van der Waals surface area (Å²) in [5.74, 6) is -0.563. The molecule has 2 rings (SSSR count). The predicted octanol–water partition coefficient (Wildman–Crippen LogP) is 1.60. The van der Waals surface area contributed by atoms with E-state index in [0.29, 0.717) is 11.3 Å². The molecule has 3 amide bonds. The van der Waals surface area contributed by atoms with Crippen LogP contribution < -0.4 is 20.9 Å². The van der Waals surface area contributed by atoms with E-state index in [0.717, 1.165) is 6.42 Å². The van der Waals surface area contributed by atoms with Gasteiger partial charge in [-0.2, -0.15) is 0 Å². The van der Waals surface area contributed by atoms with E-state index >= 15 is 0 Å². The standard InChI is InChI=1S/C20H23N3O4/c1-2-15-8-10-17(11-9-15)27-14-19(25)23-22-18(24)12-13-21-20(26)16-6-4-3-5-7-16/h3-11H,2,12-14H2,1H3,(H,21,26)(H,22,24)(H,23,25). The van der Waals surface area contributed by atoms with Gasteiger partial charge in [-0.3, -0.25) is 25.2 Å². The molecule has 0 aliphatic carbocycles. The van der Waals surface area contributed by atoms with E-state index in [1.165, 1.54) is 5.56 Å². The second kappa shape index (κ2) is 10.6. The summed E-state index contributed by atoms with van der Waals surface area (Å²) in [5, 5.41) is 2.64. The molecule has 0 unspecified atom stereocenters. The highest BCUT2D eigenvalue weighted by Gasteiger charge is 2.08. The smallest absolute Gasteiger partial charge is 0.276 e. The Labute approximate surface area is 158 Å². The van der Waals surface area contributed by atoms with Crippen molar-refractivity contribution in [2.75, 3.05) is 13.2 Å². The Kier molecular flexibility index (Phi) is 7.84. The summed E-state index contributed by atoms with van der Waals surface area (Å²) < 4.78 is 5.34. The molecule has 0 fully saturated rings. The Bertz CT molecular complexity index is 761. The molecule has 0 aliphatic heterocycles. The van der Waals surface area contributed by atoms with Crippen LogP contribution in [0.2, 0.25) is 0 Å². The third-order valence-electron chi connectivity index (χ3n) is 3.72. The fourth-order valence-electron chi connectivity index (χ4n) is 2.19. The molecule has 0 radical (unpaired) electrons. The number of hydrogen-bond donors (Lipinski definition) is 3. The van der Waals surface area contributed by atoms with Gasteiger partial charge in [-0.05, 0) is 36.2 Å². The zero-order valence-corrected chi connectivity index (χ0v) is 15.2. The first-order valence-electron chi connectivity index (χ1n) is 8.71. The Balaban J connectivity index is 1.60. The van der Waals surface area contributed by atoms with Crippen molar-refractivity contribution in [2.45, 2.75) is 19.8 Å². The number of amides is 3. The molecule has 0 aliphatic rings. The van der Waals surface area contributed by atoms with E-state index in [2.05, 4.69) is 23.1 Å². The number of ether oxygens (including phenoxy) is 1. The molecule has 2 aromatic rings. The molecular formula is C20H23N3O4. The summed E-state index contributed by atoms with van der Waals surface area (Å²) in [7, 11) is 0. The van der Waals surface area contributed by atoms with Gasteiger partial charge >= 0.3 is 0 Å². The van der Waals surface area contributed by atoms with E-state index in [1.807, 2.05) is 18.2 Å². The molecule has 142 valence electrons. The lowest BCUT2D eigenvalue weighted by molar-refractivity contribution is -0.129. The van der Waals surface area contributed by atoms with Crippen molar-refractivity contribution in [2.24, 2.45) is 0 Å². The Morgan fingerprint density at radius 3 is 2.22 bits per heavy atom. The van der Waals surface area contributed by atoms with E-state index in [-0.39, 0.29) is 25.5 Å². The van der Waals surface area contributed by atoms with E-state index in [9.17, 15) is 14.4 Å². The number of hydrogen-bond acceptors (Lipinski definition) is 4. The fraction of sp³-hybridized carbons (Fsp3) is 0.250. The van der Waals surface area contributed by atoms with Crippen molar-refractivity contribution >= 4 is 17.7 Å². The average Bonchev–Trinajstić information content (AvgIpc) is 2.71. The number of carbonyl (C=O) groups excluding carboxylic acids is 3. The first kappa shape index (κ1) is 20.0. The molecule has 3 N–H and O–H groups in total. The van der Waals surface area contributed by atoms with Crippen LogP contribution >= 0.6 is 0 Å². The molecule has 0 spiro atoms. The Morgan fingerprint density at radius 2 is 1.56 bits per heavy atom. The first-order chi connectivity index (χ1) is 13.1. The summed E-state index contributed by atoms with van der Waals surface area (Å²) in [6, 6.07) is 16.2. The Morgan fingerprint density at radius 1 is 0.889 bits per heavy atom. The monoisotopic (exact) mass is 369 g/mol. The minimum Gasteiger partial charge on any atom is -0.484 e. The van der Waals surface area contributed by atoms with Crippen LogP contribution in [0.25, 0.3) is 0 Å². The summed E-state index contributed by atoms with van der Waals surface area (Å²) in [6.07, 6.45) is 0.969. The molecule has 27 heavy (non-hydrogen) atoms. The lowest BCUT2D eigenvalue weighted by Crippen LogP contribution is -2.44. The minimum atomic E-state index is -0.476. The van der Waals surface area contributed by atoms with Gasteiger partial charge in [-0.25, -0.2) is 0 Å². The van der Waals surface area contributed by atoms with E-state index in [4.69, 9.17) is 4.74 Å². The molecule has 7 nitrogen and oxygen atoms in total. The molecule has 0 aromatic heterocycles. The molecule has 7 heteroatoms. The SMILES string of the molecule is CCc1ccc(OCC(=O)NNC(=O)CCNC(=O)c2ccccc2)cc1. The van der Waals surface area contributed by atoms with Crippen molar-refractivity contribution in [1.29, 1.82) is 0 Å². The maximum atomic E-state index is 11.8. The van der Waals surface area contributed by atoms with Gasteiger partial charge in [0.1, 0.15) is 5.75 Å². The van der Waals surface area contributed by atoms with Crippen molar-refractivity contribution < 1.29 is 19.1 Å². The van der Waals surface area contributed by atoms with Gasteiger partial charge in [0.15, 0.2) is 6.61 Å². The lowest BCUT2D eigenvalue weighted by Gasteiger charge is -2.09. The average molecular weight is 369 g/mol. The largest absolute Gasteiger partial charge is 0.484 e. The van der Waals surface area contributed by atoms with Crippen LogP contribution in [0.15, 0.2) is 54.6 Å². The van der Waals surface area contributed by atoms with Crippen LogP contribution in [-0.2, 0) is 16.0 Å². The molecule has 0 bridgehead atoms. The molecule has 2 aromatic carbocycles. The van der Waals surface area contributed by atoms with Gasteiger partial charge in [0.2, 0.25) is 5.91 Å². The number of hydrazine groups is 1. The number of benzene rings is 2. The maximum absolute atomic E-state index is 11.8. The van der Waals surface area contributed by atoms with Gasteiger partial charge in [-0.1, -0.05) is 37.3 Å². The summed E-state index contributed by atoms with van der Waals surface area (Å²) >= 11 is 0. The van der Waals surface area contributed by atoms with Crippen LogP contribution in [0, 0.1) is 0 Å². The fourth-order valence-corrected chi connectivity index (χ4v) is 2.19. The number of aryl methyl sites for hydroxylation is 1. The topological polar surface area (TPSA) is 96.5 Å². The van der Waals surface area contributed by atoms with Gasteiger partial charge in [-0.15, -0.1) is 0 Å². The van der Waals surface area contributed by atoms with Gasteiger partial charge < -0.3 is 10.1 Å². The van der Waals surface area contributed by atoms with Gasteiger partial charge in [0.05, 0.1) is 0 Å². The quantitative estimate of drug-likeness (QED) is 0.616. The zero-order valence-electron chi connectivity index (χ0n) is 15.2. The van der Waals surface area contributed by atoms with Crippen molar-refractivity contribution in [1.82, 2.24) is 16.2 Å². The highest BCUT2D eigenvalue weighted by molar-refractivity contribution is 5.94. The maximum Gasteiger partial charge on any atom is 0.276 e. The van der Waals surface area contributed by atoms with Crippen molar-refractivity contribution in [3.8, 4) is 5.75 Å². The molecule has 0 atom stereocenters.